The van der Waals surface area contributed by atoms with E-state index < -0.39 is 5.60 Å². The summed E-state index contributed by atoms with van der Waals surface area (Å²) >= 11 is 0. The van der Waals surface area contributed by atoms with Gasteiger partial charge in [0.05, 0.1) is 17.5 Å². The molecule has 16 heavy (non-hydrogen) atoms. The van der Waals surface area contributed by atoms with Crippen LogP contribution in [0.3, 0.4) is 0 Å². The monoisotopic (exact) mass is 216 g/mol. The molecule has 0 amide bonds. The standard InChI is InChI=1S/C13H16N2O/c1-10-8-14-15(9-10)12-6-4-5-11(7-12)13(2,3)16/h4-9,16H,1-3H3. The Bertz CT molecular complexity index is 495. The average Bonchev–Trinajstić information content (AvgIpc) is 2.64. The molecule has 0 atom stereocenters. The molecule has 1 N–H and O–H groups in total. The molecule has 0 aliphatic carbocycles. The molecule has 3 heteroatoms. The Kier molecular flexibility index (Phi) is 2.56. The van der Waals surface area contributed by atoms with E-state index in [9.17, 15) is 5.11 Å². The second kappa shape index (κ2) is 3.76. The zero-order valence-corrected chi connectivity index (χ0v) is 9.81. The molecule has 0 aliphatic rings. The second-order valence-electron chi connectivity index (χ2n) is 4.57. The number of benzene rings is 1. The zero-order chi connectivity index (χ0) is 11.8. The Morgan fingerprint density at radius 2 is 2.06 bits per heavy atom. The van der Waals surface area contributed by atoms with Gasteiger partial charge in [-0.05, 0) is 44.0 Å². The van der Waals surface area contributed by atoms with Crippen LogP contribution >= 0.6 is 0 Å². The number of aliphatic hydroxyl groups is 1. The van der Waals surface area contributed by atoms with Crippen molar-refractivity contribution in [2.75, 3.05) is 0 Å². The molecule has 0 radical (unpaired) electrons. The van der Waals surface area contributed by atoms with E-state index in [1.807, 2.05) is 48.3 Å². The quantitative estimate of drug-likeness (QED) is 0.837. The molecule has 0 spiro atoms. The van der Waals surface area contributed by atoms with E-state index in [1.165, 1.54) is 0 Å². The molecule has 1 aromatic carbocycles. The topological polar surface area (TPSA) is 38.0 Å². The number of rotatable bonds is 2. The largest absolute Gasteiger partial charge is 0.386 e. The van der Waals surface area contributed by atoms with E-state index in [1.54, 1.807) is 13.8 Å². The SMILES string of the molecule is Cc1cnn(-c2cccc(C(C)(C)O)c2)c1. The Balaban J connectivity index is 2.44. The Labute approximate surface area is 95.3 Å². The lowest BCUT2D eigenvalue weighted by molar-refractivity contribution is 0.0786. The molecular weight excluding hydrogens is 200 g/mol. The highest BCUT2D eigenvalue weighted by molar-refractivity contribution is 5.37. The van der Waals surface area contributed by atoms with Gasteiger partial charge in [0.25, 0.3) is 0 Å². The van der Waals surface area contributed by atoms with Gasteiger partial charge in [0, 0.05) is 6.20 Å². The van der Waals surface area contributed by atoms with E-state index in [-0.39, 0.29) is 0 Å². The van der Waals surface area contributed by atoms with Gasteiger partial charge in [-0.15, -0.1) is 0 Å². The Morgan fingerprint density at radius 3 is 2.62 bits per heavy atom. The van der Waals surface area contributed by atoms with Gasteiger partial charge in [-0.1, -0.05) is 12.1 Å². The minimum Gasteiger partial charge on any atom is -0.386 e. The first-order valence-corrected chi connectivity index (χ1v) is 5.31. The van der Waals surface area contributed by atoms with Crippen LogP contribution in [0.4, 0.5) is 0 Å². The van der Waals surface area contributed by atoms with Crippen LogP contribution < -0.4 is 0 Å². The van der Waals surface area contributed by atoms with E-state index in [2.05, 4.69) is 5.10 Å². The van der Waals surface area contributed by atoms with Crippen LogP contribution in [0, 0.1) is 6.92 Å². The van der Waals surface area contributed by atoms with Gasteiger partial charge in [-0.2, -0.15) is 5.10 Å². The zero-order valence-electron chi connectivity index (χ0n) is 9.81. The number of nitrogens with zero attached hydrogens (tertiary/aromatic N) is 2. The summed E-state index contributed by atoms with van der Waals surface area (Å²) in [4.78, 5) is 0. The Hall–Kier alpha value is -1.61. The highest BCUT2D eigenvalue weighted by Crippen LogP contribution is 2.21. The van der Waals surface area contributed by atoms with Crippen molar-refractivity contribution in [3.05, 3.63) is 47.8 Å². The van der Waals surface area contributed by atoms with Crippen molar-refractivity contribution in [2.45, 2.75) is 26.4 Å². The van der Waals surface area contributed by atoms with Crippen LogP contribution in [0.25, 0.3) is 5.69 Å². The van der Waals surface area contributed by atoms with Gasteiger partial charge in [0.2, 0.25) is 0 Å². The van der Waals surface area contributed by atoms with Crippen molar-refractivity contribution in [1.29, 1.82) is 0 Å². The number of hydrogen-bond acceptors (Lipinski definition) is 2. The molecule has 0 saturated heterocycles. The third-order valence-electron chi connectivity index (χ3n) is 2.53. The Morgan fingerprint density at radius 1 is 1.31 bits per heavy atom. The van der Waals surface area contributed by atoms with Crippen molar-refractivity contribution in [3.8, 4) is 5.69 Å². The summed E-state index contributed by atoms with van der Waals surface area (Å²) in [6.45, 7) is 5.56. The molecule has 0 fully saturated rings. The number of aryl methyl sites for hydroxylation is 1. The van der Waals surface area contributed by atoms with E-state index in [4.69, 9.17) is 0 Å². The van der Waals surface area contributed by atoms with Crippen molar-refractivity contribution < 1.29 is 5.11 Å². The first-order chi connectivity index (χ1) is 7.47. The fourth-order valence-corrected chi connectivity index (χ4v) is 1.58. The van der Waals surface area contributed by atoms with Gasteiger partial charge < -0.3 is 5.11 Å². The van der Waals surface area contributed by atoms with Crippen LogP contribution in [0.5, 0.6) is 0 Å². The fraction of sp³-hybridized carbons (Fsp3) is 0.308. The van der Waals surface area contributed by atoms with Crippen LogP contribution in [0.1, 0.15) is 25.0 Å². The molecular formula is C13H16N2O. The molecule has 84 valence electrons. The number of aromatic nitrogens is 2. The van der Waals surface area contributed by atoms with Crippen LogP contribution in [-0.4, -0.2) is 14.9 Å². The van der Waals surface area contributed by atoms with Crippen LogP contribution in [0.15, 0.2) is 36.7 Å². The van der Waals surface area contributed by atoms with Gasteiger partial charge in [0.15, 0.2) is 0 Å². The molecule has 2 rings (SSSR count). The van der Waals surface area contributed by atoms with E-state index >= 15 is 0 Å². The molecule has 0 aliphatic heterocycles. The first-order valence-electron chi connectivity index (χ1n) is 5.31. The highest BCUT2D eigenvalue weighted by Gasteiger charge is 2.16. The second-order valence-corrected chi connectivity index (χ2v) is 4.57. The lowest BCUT2D eigenvalue weighted by Crippen LogP contribution is -2.15. The van der Waals surface area contributed by atoms with Crippen molar-refractivity contribution in [1.82, 2.24) is 9.78 Å². The van der Waals surface area contributed by atoms with Crippen LogP contribution in [-0.2, 0) is 5.60 Å². The minimum atomic E-state index is -0.821. The first kappa shape index (κ1) is 10.9. The normalized spacial score (nSPS) is 11.8. The molecule has 0 unspecified atom stereocenters. The summed E-state index contributed by atoms with van der Waals surface area (Å²) < 4.78 is 1.81. The summed E-state index contributed by atoms with van der Waals surface area (Å²) in [6.07, 6.45) is 3.78. The molecule has 1 heterocycles. The molecule has 0 bridgehead atoms. The van der Waals surface area contributed by atoms with Crippen LogP contribution in [0.2, 0.25) is 0 Å². The predicted octanol–water partition coefficient (Wildman–Crippen LogP) is 2.41. The number of hydrogen-bond donors (Lipinski definition) is 1. The van der Waals surface area contributed by atoms with Crippen molar-refractivity contribution >= 4 is 0 Å². The van der Waals surface area contributed by atoms with Gasteiger partial charge in [-0.25, -0.2) is 4.68 Å². The summed E-state index contributed by atoms with van der Waals surface area (Å²) in [5.41, 5.74) is 2.15. The summed E-state index contributed by atoms with van der Waals surface area (Å²) in [5, 5.41) is 14.2. The van der Waals surface area contributed by atoms with Gasteiger partial charge >= 0.3 is 0 Å². The maximum absolute atomic E-state index is 9.94. The molecule has 2 aromatic rings. The summed E-state index contributed by atoms with van der Waals surface area (Å²) in [6, 6.07) is 7.77. The third kappa shape index (κ3) is 2.14. The lowest BCUT2D eigenvalue weighted by atomic mass is 9.98. The average molecular weight is 216 g/mol. The minimum absolute atomic E-state index is 0.821. The molecule has 1 aromatic heterocycles. The van der Waals surface area contributed by atoms with Gasteiger partial charge in [-0.3, -0.25) is 0 Å². The smallest absolute Gasteiger partial charge is 0.0841 e. The summed E-state index contributed by atoms with van der Waals surface area (Å²) in [5.74, 6) is 0. The van der Waals surface area contributed by atoms with Crippen molar-refractivity contribution in [2.24, 2.45) is 0 Å². The maximum atomic E-state index is 9.94. The fourth-order valence-electron chi connectivity index (χ4n) is 1.58. The lowest BCUT2D eigenvalue weighted by Gasteiger charge is -2.18. The van der Waals surface area contributed by atoms with Crippen molar-refractivity contribution in [3.63, 3.8) is 0 Å². The summed E-state index contributed by atoms with van der Waals surface area (Å²) in [7, 11) is 0. The van der Waals surface area contributed by atoms with E-state index in [0.717, 1.165) is 16.8 Å². The predicted molar refractivity (Wildman–Crippen MR) is 63.5 cm³/mol. The highest BCUT2D eigenvalue weighted by atomic mass is 16.3. The van der Waals surface area contributed by atoms with Gasteiger partial charge in [0.1, 0.15) is 0 Å². The van der Waals surface area contributed by atoms with E-state index in [0.29, 0.717) is 0 Å². The maximum Gasteiger partial charge on any atom is 0.0841 e. The third-order valence-corrected chi connectivity index (χ3v) is 2.53. The molecule has 3 nitrogen and oxygen atoms in total. The molecule has 0 saturated carbocycles.